The molecule has 0 spiro atoms. The van der Waals surface area contributed by atoms with Gasteiger partial charge in [0.25, 0.3) is 5.91 Å². The monoisotopic (exact) mass is 412 g/mol. The molecule has 6 nitrogen and oxygen atoms in total. The minimum absolute atomic E-state index is 0.0894. The predicted molar refractivity (Wildman–Crippen MR) is 118 cm³/mol. The van der Waals surface area contributed by atoms with Crippen molar-refractivity contribution in [1.82, 2.24) is 10.2 Å². The molecular weight excluding hydrogens is 380 g/mol. The third-order valence-corrected chi connectivity index (χ3v) is 4.91. The molecule has 0 fully saturated rings. The van der Waals surface area contributed by atoms with E-state index in [4.69, 9.17) is 9.47 Å². The standard InChI is InChI=1S/C24H32N2O4/c1-17(2)15-20(25-23(27)19-9-7-6-8-10-19)24(28)26(3)14-13-18-11-12-21(29-4)22(16-18)30-5/h6-12,16-17,20H,13-15H2,1-5H3,(H,25,27). The van der Waals surface area contributed by atoms with Crippen LogP contribution < -0.4 is 14.8 Å². The number of carbonyl (C=O) groups is 2. The lowest BCUT2D eigenvalue weighted by atomic mass is 10.0. The number of ether oxygens (including phenoxy) is 2. The van der Waals surface area contributed by atoms with Crippen LogP contribution in [0, 0.1) is 5.92 Å². The highest BCUT2D eigenvalue weighted by atomic mass is 16.5. The maximum absolute atomic E-state index is 13.1. The Morgan fingerprint density at radius 1 is 1.00 bits per heavy atom. The minimum Gasteiger partial charge on any atom is -0.493 e. The van der Waals surface area contributed by atoms with E-state index in [-0.39, 0.29) is 17.7 Å². The molecule has 0 radical (unpaired) electrons. The van der Waals surface area contributed by atoms with Crippen molar-refractivity contribution >= 4 is 11.8 Å². The zero-order chi connectivity index (χ0) is 22.1. The SMILES string of the molecule is COc1ccc(CCN(C)C(=O)C(CC(C)C)NC(=O)c2ccccc2)cc1OC. The summed E-state index contributed by atoms with van der Waals surface area (Å²) in [5.41, 5.74) is 1.59. The summed E-state index contributed by atoms with van der Waals surface area (Å²) in [6.45, 7) is 4.61. The first-order chi connectivity index (χ1) is 14.3. The Hall–Kier alpha value is -3.02. The summed E-state index contributed by atoms with van der Waals surface area (Å²) >= 11 is 0. The molecule has 1 unspecified atom stereocenters. The summed E-state index contributed by atoms with van der Waals surface area (Å²) in [6.07, 6.45) is 1.25. The maximum Gasteiger partial charge on any atom is 0.251 e. The van der Waals surface area contributed by atoms with Gasteiger partial charge in [-0.2, -0.15) is 0 Å². The van der Waals surface area contributed by atoms with Gasteiger partial charge in [-0.25, -0.2) is 0 Å². The number of rotatable bonds is 10. The zero-order valence-corrected chi connectivity index (χ0v) is 18.5. The van der Waals surface area contributed by atoms with E-state index in [1.807, 2.05) is 50.2 Å². The van der Waals surface area contributed by atoms with Crippen molar-refractivity contribution < 1.29 is 19.1 Å². The van der Waals surface area contributed by atoms with Gasteiger partial charge in [-0.05, 0) is 48.6 Å². The molecule has 2 rings (SSSR count). The molecule has 0 bridgehead atoms. The third kappa shape index (κ3) is 6.51. The van der Waals surface area contributed by atoms with E-state index in [1.165, 1.54) is 0 Å². The maximum atomic E-state index is 13.1. The molecule has 1 atom stereocenters. The van der Waals surface area contributed by atoms with Crippen molar-refractivity contribution in [3.8, 4) is 11.5 Å². The molecule has 2 aromatic rings. The summed E-state index contributed by atoms with van der Waals surface area (Å²) in [6, 6.07) is 14.1. The van der Waals surface area contributed by atoms with Crippen LogP contribution >= 0.6 is 0 Å². The fourth-order valence-electron chi connectivity index (χ4n) is 3.23. The Labute approximate surface area is 179 Å². The highest BCUT2D eigenvalue weighted by Gasteiger charge is 2.25. The summed E-state index contributed by atoms with van der Waals surface area (Å²) in [5, 5.41) is 2.91. The average molecular weight is 413 g/mol. The van der Waals surface area contributed by atoms with Crippen LogP contribution in [0.5, 0.6) is 11.5 Å². The van der Waals surface area contributed by atoms with Crippen molar-refractivity contribution in [2.75, 3.05) is 27.8 Å². The number of amides is 2. The topological polar surface area (TPSA) is 67.9 Å². The number of carbonyl (C=O) groups excluding carboxylic acids is 2. The van der Waals surface area contributed by atoms with Crippen LogP contribution in [0.4, 0.5) is 0 Å². The quantitative estimate of drug-likeness (QED) is 0.648. The van der Waals surface area contributed by atoms with Gasteiger partial charge in [-0.15, -0.1) is 0 Å². The lowest BCUT2D eigenvalue weighted by molar-refractivity contribution is -0.132. The molecule has 6 heteroatoms. The van der Waals surface area contributed by atoms with Gasteiger partial charge >= 0.3 is 0 Å². The molecule has 0 aliphatic heterocycles. The highest BCUT2D eigenvalue weighted by molar-refractivity contribution is 5.97. The van der Waals surface area contributed by atoms with E-state index in [2.05, 4.69) is 5.32 Å². The molecule has 0 aliphatic rings. The second kappa shape index (κ2) is 11.2. The Bertz CT molecular complexity index is 836. The van der Waals surface area contributed by atoms with Crippen molar-refractivity contribution in [3.63, 3.8) is 0 Å². The molecule has 1 N–H and O–H groups in total. The van der Waals surface area contributed by atoms with E-state index in [9.17, 15) is 9.59 Å². The Morgan fingerprint density at radius 2 is 1.67 bits per heavy atom. The van der Waals surface area contributed by atoms with E-state index in [0.29, 0.717) is 36.4 Å². The summed E-state index contributed by atoms with van der Waals surface area (Å²) in [5.74, 6) is 1.29. The summed E-state index contributed by atoms with van der Waals surface area (Å²) < 4.78 is 10.6. The summed E-state index contributed by atoms with van der Waals surface area (Å²) in [4.78, 5) is 27.3. The number of nitrogens with one attached hydrogen (secondary N) is 1. The van der Waals surface area contributed by atoms with Crippen LogP contribution in [-0.4, -0.2) is 50.6 Å². The predicted octanol–water partition coefficient (Wildman–Crippen LogP) is 3.55. The average Bonchev–Trinajstić information content (AvgIpc) is 2.76. The number of likely N-dealkylation sites (N-methyl/N-ethyl adjacent to an activating group) is 1. The van der Waals surface area contributed by atoms with Gasteiger partial charge < -0.3 is 19.7 Å². The molecule has 2 amide bonds. The Kier molecular flexibility index (Phi) is 8.71. The smallest absolute Gasteiger partial charge is 0.251 e. The van der Waals surface area contributed by atoms with Crippen LogP contribution in [0.25, 0.3) is 0 Å². The normalized spacial score (nSPS) is 11.7. The highest BCUT2D eigenvalue weighted by Crippen LogP contribution is 2.27. The number of benzene rings is 2. The molecule has 0 heterocycles. The largest absolute Gasteiger partial charge is 0.493 e. The van der Waals surface area contributed by atoms with E-state index >= 15 is 0 Å². The van der Waals surface area contributed by atoms with Crippen molar-refractivity contribution in [1.29, 1.82) is 0 Å². The van der Waals surface area contributed by atoms with Gasteiger partial charge in [-0.3, -0.25) is 9.59 Å². The lowest BCUT2D eigenvalue weighted by Crippen LogP contribution is -2.48. The van der Waals surface area contributed by atoms with Crippen LogP contribution in [0.2, 0.25) is 0 Å². The number of hydrogen-bond donors (Lipinski definition) is 1. The van der Waals surface area contributed by atoms with Crippen LogP contribution in [0.15, 0.2) is 48.5 Å². The molecule has 2 aromatic carbocycles. The first kappa shape index (κ1) is 23.3. The second-order valence-electron chi connectivity index (χ2n) is 7.72. The Morgan fingerprint density at radius 3 is 2.27 bits per heavy atom. The molecule has 0 aromatic heterocycles. The van der Waals surface area contributed by atoms with E-state index in [1.54, 1.807) is 38.3 Å². The third-order valence-electron chi connectivity index (χ3n) is 4.91. The van der Waals surface area contributed by atoms with Gasteiger partial charge in [0, 0.05) is 19.2 Å². The number of methoxy groups -OCH3 is 2. The number of hydrogen-bond acceptors (Lipinski definition) is 4. The van der Waals surface area contributed by atoms with Crippen LogP contribution in [0.3, 0.4) is 0 Å². The van der Waals surface area contributed by atoms with Gasteiger partial charge in [0.2, 0.25) is 5.91 Å². The first-order valence-electron chi connectivity index (χ1n) is 10.2. The zero-order valence-electron chi connectivity index (χ0n) is 18.5. The molecule has 30 heavy (non-hydrogen) atoms. The number of nitrogens with zero attached hydrogens (tertiary/aromatic N) is 1. The lowest BCUT2D eigenvalue weighted by Gasteiger charge is -2.26. The molecule has 0 saturated heterocycles. The van der Waals surface area contributed by atoms with E-state index < -0.39 is 6.04 Å². The van der Waals surface area contributed by atoms with Crippen LogP contribution in [0.1, 0.15) is 36.2 Å². The van der Waals surface area contributed by atoms with Gasteiger partial charge in [-0.1, -0.05) is 38.1 Å². The van der Waals surface area contributed by atoms with Gasteiger partial charge in [0.1, 0.15) is 6.04 Å². The van der Waals surface area contributed by atoms with Crippen molar-refractivity contribution in [2.24, 2.45) is 5.92 Å². The fourth-order valence-corrected chi connectivity index (χ4v) is 3.23. The fraction of sp³-hybridized carbons (Fsp3) is 0.417. The molecule has 162 valence electrons. The summed E-state index contributed by atoms with van der Waals surface area (Å²) in [7, 11) is 4.97. The van der Waals surface area contributed by atoms with Gasteiger partial charge in [0.05, 0.1) is 14.2 Å². The van der Waals surface area contributed by atoms with E-state index in [0.717, 1.165) is 5.56 Å². The van der Waals surface area contributed by atoms with Crippen LogP contribution in [-0.2, 0) is 11.2 Å². The van der Waals surface area contributed by atoms with Gasteiger partial charge in [0.15, 0.2) is 11.5 Å². The Balaban J connectivity index is 2.03. The minimum atomic E-state index is -0.562. The van der Waals surface area contributed by atoms with Crippen molar-refractivity contribution in [3.05, 3.63) is 59.7 Å². The molecule has 0 saturated carbocycles. The first-order valence-corrected chi connectivity index (χ1v) is 10.2. The van der Waals surface area contributed by atoms with Crippen molar-refractivity contribution in [2.45, 2.75) is 32.7 Å². The molecule has 0 aliphatic carbocycles. The molecular formula is C24H32N2O4. The second-order valence-corrected chi connectivity index (χ2v) is 7.72.